The lowest BCUT2D eigenvalue weighted by atomic mass is 9.96. The fraction of sp³-hybridized carbons (Fsp3) is 0.294. The summed E-state index contributed by atoms with van der Waals surface area (Å²) in [5.74, 6) is 1.63. The van der Waals surface area contributed by atoms with Crippen LogP contribution < -0.4 is 9.47 Å². The Morgan fingerprint density at radius 2 is 1.75 bits per heavy atom. The summed E-state index contributed by atoms with van der Waals surface area (Å²) < 4.78 is 10.6. The van der Waals surface area contributed by atoms with Crippen molar-refractivity contribution in [2.24, 2.45) is 0 Å². The molecule has 1 N–H and O–H groups in total. The Kier molecular flexibility index (Phi) is 3.36. The van der Waals surface area contributed by atoms with Gasteiger partial charge in [0.15, 0.2) is 0 Å². The molecule has 0 bridgehead atoms. The van der Waals surface area contributed by atoms with Crippen molar-refractivity contribution in [3.63, 3.8) is 0 Å². The minimum absolute atomic E-state index is 0.418. The van der Waals surface area contributed by atoms with E-state index in [1.165, 1.54) is 11.1 Å². The van der Waals surface area contributed by atoms with Crippen molar-refractivity contribution in [2.45, 2.75) is 18.9 Å². The molecule has 0 amide bonds. The van der Waals surface area contributed by atoms with Gasteiger partial charge in [-0.2, -0.15) is 0 Å². The molecule has 0 aromatic heterocycles. The van der Waals surface area contributed by atoms with Gasteiger partial charge in [-0.1, -0.05) is 18.2 Å². The highest BCUT2D eigenvalue weighted by Gasteiger charge is 2.27. The molecule has 104 valence electrons. The van der Waals surface area contributed by atoms with Gasteiger partial charge in [0.2, 0.25) is 0 Å². The van der Waals surface area contributed by atoms with Crippen molar-refractivity contribution in [3.05, 3.63) is 47.5 Å². The maximum absolute atomic E-state index is 10.1. The summed E-state index contributed by atoms with van der Waals surface area (Å²) in [7, 11) is 3.31. The van der Waals surface area contributed by atoms with E-state index in [9.17, 15) is 5.11 Å². The molecule has 0 fully saturated rings. The molecule has 0 saturated heterocycles. The van der Waals surface area contributed by atoms with Crippen LogP contribution in [0, 0.1) is 0 Å². The van der Waals surface area contributed by atoms with E-state index < -0.39 is 6.10 Å². The molecule has 20 heavy (non-hydrogen) atoms. The fourth-order valence-electron chi connectivity index (χ4n) is 2.92. The number of fused-ring (bicyclic) bond motifs is 1. The lowest BCUT2D eigenvalue weighted by Gasteiger charge is -2.14. The first-order valence-corrected chi connectivity index (χ1v) is 6.77. The fourth-order valence-corrected chi connectivity index (χ4v) is 2.92. The largest absolute Gasteiger partial charge is 0.497 e. The number of hydrogen-bond acceptors (Lipinski definition) is 3. The van der Waals surface area contributed by atoms with Crippen LogP contribution in [-0.2, 0) is 6.42 Å². The van der Waals surface area contributed by atoms with Crippen LogP contribution in [0.15, 0.2) is 36.4 Å². The van der Waals surface area contributed by atoms with E-state index in [2.05, 4.69) is 6.07 Å². The van der Waals surface area contributed by atoms with Crippen LogP contribution in [0.2, 0.25) is 0 Å². The minimum Gasteiger partial charge on any atom is -0.497 e. The van der Waals surface area contributed by atoms with E-state index in [0.717, 1.165) is 35.5 Å². The topological polar surface area (TPSA) is 38.7 Å². The Bertz CT molecular complexity index is 617. The van der Waals surface area contributed by atoms with Crippen LogP contribution >= 0.6 is 0 Å². The number of rotatable bonds is 3. The highest BCUT2D eigenvalue weighted by molar-refractivity contribution is 5.72. The molecule has 3 nitrogen and oxygen atoms in total. The van der Waals surface area contributed by atoms with Gasteiger partial charge in [-0.15, -0.1) is 0 Å². The van der Waals surface area contributed by atoms with E-state index in [1.54, 1.807) is 14.2 Å². The van der Waals surface area contributed by atoms with Gasteiger partial charge in [-0.05, 0) is 47.7 Å². The molecule has 1 unspecified atom stereocenters. The van der Waals surface area contributed by atoms with Gasteiger partial charge in [-0.3, -0.25) is 0 Å². The molecular formula is C17H18O3. The van der Waals surface area contributed by atoms with Crippen molar-refractivity contribution in [1.29, 1.82) is 0 Å². The smallest absolute Gasteiger partial charge is 0.124 e. The van der Waals surface area contributed by atoms with Gasteiger partial charge in [0.1, 0.15) is 11.5 Å². The molecule has 0 aliphatic heterocycles. The van der Waals surface area contributed by atoms with Crippen LogP contribution in [0.5, 0.6) is 11.5 Å². The molecule has 3 rings (SSSR count). The molecular weight excluding hydrogens is 252 g/mol. The third-order valence-electron chi connectivity index (χ3n) is 3.94. The highest BCUT2D eigenvalue weighted by Crippen LogP contribution is 2.43. The van der Waals surface area contributed by atoms with Gasteiger partial charge in [0.25, 0.3) is 0 Å². The number of methoxy groups -OCH3 is 2. The summed E-state index contributed by atoms with van der Waals surface area (Å²) in [4.78, 5) is 0. The lowest BCUT2D eigenvalue weighted by Crippen LogP contribution is -1.97. The van der Waals surface area contributed by atoms with E-state index in [-0.39, 0.29) is 0 Å². The first-order chi connectivity index (χ1) is 9.74. The first-order valence-electron chi connectivity index (χ1n) is 6.77. The summed E-state index contributed by atoms with van der Waals surface area (Å²) in [6.07, 6.45) is 1.23. The Morgan fingerprint density at radius 1 is 1.00 bits per heavy atom. The van der Waals surface area contributed by atoms with Gasteiger partial charge in [0, 0.05) is 5.56 Å². The number of aliphatic hydroxyl groups is 1. The third-order valence-corrected chi connectivity index (χ3v) is 3.94. The monoisotopic (exact) mass is 270 g/mol. The van der Waals surface area contributed by atoms with Crippen LogP contribution in [0.1, 0.15) is 23.7 Å². The van der Waals surface area contributed by atoms with E-state index in [1.807, 2.05) is 30.3 Å². The van der Waals surface area contributed by atoms with Crippen LogP contribution in [-0.4, -0.2) is 19.3 Å². The summed E-state index contributed by atoms with van der Waals surface area (Å²) in [5.41, 5.74) is 4.45. The Labute approximate surface area is 118 Å². The predicted octanol–water partition coefficient (Wildman–Crippen LogP) is 3.35. The predicted molar refractivity (Wildman–Crippen MR) is 78.3 cm³/mol. The van der Waals surface area contributed by atoms with Gasteiger partial charge < -0.3 is 14.6 Å². The van der Waals surface area contributed by atoms with Crippen molar-refractivity contribution in [2.75, 3.05) is 14.2 Å². The normalized spacial score (nSPS) is 16.9. The van der Waals surface area contributed by atoms with Crippen LogP contribution in [0.25, 0.3) is 11.1 Å². The second-order valence-corrected chi connectivity index (χ2v) is 4.99. The number of hydrogen-bond donors (Lipinski definition) is 1. The SMILES string of the molecule is COc1ccc(-c2ccc(OC)c3c2CCC3O)cc1. The van der Waals surface area contributed by atoms with E-state index in [0.29, 0.717) is 0 Å². The average Bonchev–Trinajstić information content (AvgIpc) is 2.89. The molecule has 0 radical (unpaired) electrons. The summed E-state index contributed by atoms with van der Waals surface area (Å²) in [6.45, 7) is 0. The maximum Gasteiger partial charge on any atom is 0.124 e. The van der Waals surface area contributed by atoms with Crippen molar-refractivity contribution in [3.8, 4) is 22.6 Å². The Morgan fingerprint density at radius 3 is 2.40 bits per heavy atom. The van der Waals surface area contributed by atoms with Crippen LogP contribution in [0.3, 0.4) is 0 Å². The van der Waals surface area contributed by atoms with Gasteiger partial charge in [-0.25, -0.2) is 0 Å². The van der Waals surface area contributed by atoms with Gasteiger partial charge >= 0.3 is 0 Å². The average molecular weight is 270 g/mol. The minimum atomic E-state index is -0.418. The molecule has 1 atom stereocenters. The second-order valence-electron chi connectivity index (χ2n) is 4.99. The maximum atomic E-state index is 10.1. The number of aliphatic hydroxyl groups excluding tert-OH is 1. The first kappa shape index (κ1) is 13.0. The summed E-state index contributed by atoms with van der Waals surface area (Å²) in [6, 6.07) is 12.0. The quantitative estimate of drug-likeness (QED) is 0.929. The Balaban J connectivity index is 2.10. The standard InChI is InChI=1S/C17H18O3/c1-19-12-5-3-11(4-6-12)13-8-10-16(20-2)17-14(13)7-9-15(17)18/h3-6,8,10,15,18H,7,9H2,1-2H3. The second kappa shape index (κ2) is 5.17. The molecule has 1 aliphatic rings. The summed E-state index contributed by atoms with van der Waals surface area (Å²) >= 11 is 0. The molecule has 0 saturated carbocycles. The van der Waals surface area contributed by atoms with Crippen molar-refractivity contribution >= 4 is 0 Å². The molecule has 0 spiro atoms. The number of benzene rings is 2. The zero-order valence-corrected chi connectivity index (χ0v) is 11.7. The zero-order chi connectivity index (χ0) is 14.1. The molecule has 2 aromatic carbocycles. The Hall–Kier alpha value is -2.00. The van der Waals surface area contributed by atoms with E-state index >= 15 is 0 Å². The third kappa shape index (κ3) is 2.04. The summed E-state index contributed by atoms with van der Waals surface area (Å²) in [5, 5.41) is 10.1. The lowest BCUT2D eigenvalue weighted by molar-refractivity contribution is 0.176. The van der Waals surface area contributed by atoms with E-state index in [4.69, 9.17) is 9.47 Å². The zero-order valence-electron chi connectivity index (χ0n) is 11.7. The molecule has 1 aliphatic carbocycles. The highest BCUT2D eigenvalue weighted by atomic mass is 16.5. The van der Waals surface area contributed by atoms with Crippen molar-refractivity contribution < 1.29 is 14.6 Å². The van der Waals surface area contributed by atoms with Crippen molar-refractivity contribution in [1.82, 2.24) is 0 Å². The van der Waals surface area contributed by atoms with Gasteiger partial charge in [0.05, 0.1) is 20.3 Å². The molecule has 2 aromatic rings. The molecule has 0 heterocycles. The number of ether oxygens (including phenoxy) is 2. The van der Waals surface area contributed by atoms with Crippen LogP contribution in [0.4, 0.5) is 0 Å². The molecule has 3 heteroatoms.